The number of ether oxygens (including phenoxy) is 1. The molecule has 2 aliphatic rings. The first kappa shape index (κ1) is 14.4. The van der Waals surface area contributed by atoms with Crippen molar-refractivity contribution in [3.8, 4) is 0 Å². The number of hydrogen-bond donors (Lipinski definition) is 1. The van der Waals surface area contributed by atoms with Crippen molar-refractivity contribution in [1.82, 2.24) is 5.32 Å². The molecule has 0 aromatic heterocycles. The highest BCUT2D eigenvalue weighted by molar-refractivity contribution is 7.99. The first-order valence-electron chi connectivity index (χ1n) is 7.69. The zero-order valence-electron chi connectivity index (χ0n) is 12.7. The third-order valence-corrected chi connectivity index (χ3v) is 6.21. The SMILES string of the molecule is CCOC1CC(NCC2CSc3ccccc32)C1(C)C. The van der Waals surface area contributed by atoms with E-state index < -0.39 is 0 Å². The van der Waals surface area contributed by atoms with Crippen molar-refractivity contribution in [2.45, 2.75) is 50.2 Å². The second-order valence-corrected chi connectivity index (χ2v) is 7.57. The molecule has 3 unspecified atom stereocenters. The van der Waals surface area contributed by atoms with Gasteiger partial charge in [-0.25, -0.2) is 0 Å². The van der Waals surface area contributed by atoms with Gasteiger partial charge in [-0.1, -0.05) is 32.0 Å². The van der Waals surface area contributed by atoms with Crippen molar-refractivity contribution in [3.63, 3.8) is 0 Å². The van der Waals surface area contributed by atoms with Crippen molar-refractivity contribution in [1.29, 1.82) is 0 Å². The molecule has 0 amide bonds. The molecule has 3 rings (SSSR count). The molecule has 1 fully saturated rings. The minimum atomic E-state index is 0.265. The lowest BCUT2D eigenvalue weighted by Gasteiger charge is -2.52. The van der Waals surface area contributed by atoms with E-state index in [4.69, 9.17) is 4.74 Å². The van der Waals surface area contributed by atoms with Gasteiger partial charge in [0.15, 0.2) is 0 Å². The molecular formula is C17H25NOS. The van der Waals surface area contributed by atoms with Crippen molar-refractivity contribution >= 4 is 11.8 Å². The van der Waals surface area contributed by atoms with E-state index >= 15 is 0 Å². The molecular weight excluding hydrogens is 266 g/mol. The first-order chi connectivity index (χ1) is 9.63. The Morgan fingerprint density at radius 1 is 1.35 bits per heavy atom. The molecule has 1 aliphatic heterocycles. The summed E-state index contributed by atoms with van der Waals surface area (Å²) in [5.74, 6) is 1.88. The van der Waals surface area contributed by atoms with Crippen LogP contribution in [0.25, 0.3) is 0 Å². The number of fused-ring (bicyclic) bond motifs is 1. The fraction of sp³-hybridized carbons (Fsp3) is 0.647. The molecule has 0 saturated heterocycles. The molecule has 20 heavy (non-hydrogen) atoms. The topological polar surface area (TPSA) is 21.3 Å². The van der Waals surface area contributed by atoms with Crippen LogP contribution in [0.1, 0.15) is 38.7 Å². The number of benzene rings is 1. The highest BCUT2D eigenvalue weighted by atomic mass is 32.2. The summed E-state index contributed by atoms with van der Waals surface area (Å²) in [6.07, 6.45) is 1.58. The van der Waals surface area contributed by atoms with Crippen LogP contribution in [-0.2, 0) is 4.74 Å². The van der Waals surface area contributed by atoms with Crippen molar-refractivity contribution in [3.05, 3.63) is 29.8 Å². The molecule has 0 bridgehead atoms. The Kier molecular flexibility index (Phi) is 4.11. The van der Waals surface area contributed by atoms with E-state index in [9.17, 15) is 0 Å². The minimum Gasteiger partial charge on any atom is -0.378 e. The van der Waals surface area contributed by atoms with E-state index in [0.29, 0.717) is 18.1 Å². The second-order valence-electron chi connectivity index (χ2n) is 6.51. The normalized spacial score (nSPS) is 30.9. The van der Waals surface area contributed by atoms with Crippen LogP contribution in [-0.4, -0.2) is 31.1 Å². The van der Waals surface area contributed by atoms with E-state index in [1.165, 1.54) is 16.2 Å². The Labute approximate surface area is 126 Å². The van der Waals surface area contributed by atoms with Crippen molar-refractivity contribution < 1.29 is 4.74 Å². The molecule has 1 aliphatic carbocycles. The number of thioether (sulfide) groups is 1. The average Bonchev–Trinajstić information content (AvgIpc) is 2.85. The third kappa shape index (κ3) is 2.51. The lowest BCUT2D eigenvalue weighted by molar-refractivity contribution is -0.114. The largest absolute Gasteiger partial charge is 0.378 e. The van der Waals surface area contributed by atoms with E-state index in [0.717, 1.165) is 19.6 Å². The van der Waals surface area contributed by atoms with Crippen LogP contribution in [0.2, 0.25) is 0 Å². The molecule has 110 valence electrons. The summed E-state index contributed by atoms with van der Waals surface area (Å²) in [5.41, 5.74) is 1.80. The van der Waals surface area contributed by atoms with Gasteiger partial charge in [-0.2, -0.15) is 0 Å². The molecule has 0 radical (unpaired) electrons. The molecule has 0 spiro atoms. The van der Waals surface area contributed by atoms with Gasteiger partial charge >= 0.3 is 0 Å². The summed E-state index contributed by atoms with van der Waals surface area (Å²) in [6.45, 7) is 8.66. The smallest absolute Gasteiger partial charge is 0.0655 e. The van der Waals surface area contributed by atoms with Crippen molar-refractivity contribution in [2.24, 2.45) is 5.41 Å². The van der Waals surface area contributed by atoms with E-state index in [-0.39, 0.29) is 5.41 Å². The molecule has 1 aromatic carbocycles. The fourth-order valence-electron chi connectivity index (χ4n) is 3.40. The fourth-order valence-corrected chi connectivity index (χ4v) is 4.65. The van der Waals surface area contributed by atoms with Gasteiger partial charge in [-0.15, -0.1) is 11.8 Å². The highest BCUT2D eigenvalue weighted by Gasteiger charge is 2.48. The molecule has 1 heterocycles. The summed E-state index contributed by atoms with van der Waals surface area (Å²) in [7, 11) is 0. The predicted octanol–water partition coefficient (Wildman–Crippen LogP) is 3.67. The Morgan fingerprint density at radius 3 is 2.90 bits per heavy atom. The molecule has 1 aromatic rings. The van der Waals surface area contributed by atoms with Crippen LogP contribution >= 0.6 is 11.8 Å². The van der Waals surface area contributed by atoms with E-state index in [1.807, 2.05) is 11.8 Å². The molecule has 1 saturated carbocycles. The van der Waals surface area contributed by atoms with Crippen LogP contribution in [0.4, 0.5) is 0 Å². The lowest BCUT2D eigenvalue weighted by atomic mass is 9.64. The maximum absolute atomic E-state index is 5.81. The van der Waals surface area contributed by atoms with Crippen LogP contribution in [0.3, 0.4) is 0 Å². The summed E-state index contributed by atoms with van der Waals surface area (Å²) in [4.78, 5) is 1.47. The average molecular weight is 291 g/mol. The summed E-state index contributed by atoms with van der Waals surface area (Å²) in [6, 6.07) is 9.44. The van der Waals surface area contributed by atoms with Gasteiger partial charge in [-0.05, 0) is 25.0 Å². The summed E-state index contributed by atoms with van der Waals surface area (Å²) < 4.78 is 5.81. The Hall–Kier alpha value is -0.510. The van der Waals surface area contributed by atoms with Gasteiger partial charge in [0.2, 0.25) is 0 Å². The Balaban J connectivity index is 1.55. The summed E-state index contributed by atoms with van der Waals surface area (Å²) >= 11 is 2.00. The van der Waals surface area contributed by atoms with Crippen LogP contribution in [0.15, 0.2) is 29.2 Å². The van der Waals surface area contributed by atoms with Gasteiger partial charge in [0, 0.05) is 41.2 Å². The Morgan fingerprint density at radius 2 is 2.15 bits per heavy atom. The van der Waals surface area contributed by atoms with Crippen LogP contribution < -0.4 is 5.32 Å². The highest BCUT2D eigenvalue weighted by Crippen LogP contribution is 2.44. The minimum absolute atomic E-state index is 0.265. The maximum Gasteiger partial charge on any atom is 0.0655 e. The standard InChI is InChI=1S/C17H25NOS/c1-4-19-16-9-15(17(16,2)3)18-10-12-11-20-14-8-6-5-7-13(12)14/h5-8,12,15-16,18H,4,9-11H2,1-3H3. The van der Waals surface area contributed by atoms with Crippen LogP contribution in [0.5, 0.6) is 0 Å². The third-order valence-electron chi connectivity index (χ3n) is 4.96. The van der Waals surface area contributed by atoms with Gasteiger partial charge in [0.05, 0.1) is 6.10 Å². The number of hydrogen-bond acceptors (Lipinski definition) is 3. The molecule has 2 nitrogen and oxygen atoms in total. The first-order valence-corrected chi connectivity index (χ1v) is 8.68. The maximum atomic E-state index is 5.81. The van der Waals surface area contributed by atoms with Gasteiger partial charge in [0.1, 0.15) is 0 Å². The van der Waals surface area contributed by atoms with Gasteiger partial charge < -0.3 is 10.1 Å². The zero-order valence-corrected chi connectivity index (χ0v) is 13.5. The monoisotopic (exact) mass is 291 g/mol. The quantitative estimate of drug-likeness (QED) is 0.894. The number of rotatable bonds is 5. The van der Waals surface area contributed by atoms with Crippen molar-refractivity contribution in [2.75, 3.05) is 18.9 Å². The molecule has 1 N–H and O–H groups in total. The lowest BCUT2D eigenvalue weighted by Crippen LogP contribution is -2.61. The molecule has 3 heteroatoms. The van der Waals surface area contributed by atoms with Gasteiger partial charge in [0.25, 0.3) is 0 Å². The summed E-state index contributed by atoms with van der Waals surface area (Å²) in [5, 5.41) is 3.79. The number of nitrogens with one attached hydrogen (secondary N) is 1. The second kappa shape index (κ2) is 5.70. The van der Waals surface area contributed by atoms with Gasteiger partial charge in [-0.3, -0.25) is 0 Å². The van der Waals surface area contributed by atoms with E-state index in [1.54, 1.807) is 0 Å². The molecule has 3 atom stereocenters. The van der Waals surface area contributed by atoms with E-state index in [2.05, 4.69) is 50.4 Å². The Bertz CT molecular complexity index is 474. The zero-order chi connectivity index (χ0) is 14.2. The van der Waals surface area contributed by atoms with Crippen LogP contribution in [0, 0.1) is 5.41 Å². The predicted molar refractivity (Wildman–Crippen MR) is 85.5 cm³/mol.